The minimum absolute atomic E-state index is 0.441. The maximum Gasteiger partial charge on any atom is 0.143 e. The van der Waals surface area contributed by atoms with E-state index in [9.17, 15) is 5.11 Å². The topological polar surface area (TPSA) is 101 Å². The van der Waals surface area contributed by atoms with Gasteiger partial charge in [0.15, 0.2) is 0 Å². The van der Waals surface area contributed by atoms with Crippen LogP contribution in [0.4, 0.5) is 0 Å². The van der Waals surface area contributed by atoms with Gasteiger partial charge in [-0.15, -0.1) is 0 Å². The summed E-state index contributed by atoms with van der Waals surface area (Å²) in [7, 11) is 0. The molecule has 1 fully saturated rings. The molecule has 2 N–H and O–H groups in total. The highest BCUT2D eigenvalue weighted by Gasteiger charge is 2.40. The minimum Gasteiger partial charge on any atom is -0.376 e. The van der Waals surface area contributed by atoms with E-state index in [1.807, 2.05) is 45.9 Å². The van der Waals surface area contributed by atoms with Crippen LogP contribution in [0.1, 0.15) is 63.9 Å². The largest absolute Gasteiger partial charge is 0.376 e. The molecule has 35 heavy (non-hydrogen) atoms. The Labute approximate surface area is 203 Å². The predicted molar refractivity (Wildman–Crippen MR) is 133 cm³/mol. The van der Waals surface area contributed by atoms with Gasteiger partial charge in [-0.1, -0.05) is 5.16 Å². The average molecular weight is 466 g/mol. The molecule has 0 radical (unpaired) electrons. The van der Waals surface area contributed by atoms with Crippen LogP contribution >= 0.6 is 0 Å². The molecule has 0 aliphatic heterocycles. The monoisotopic (exact) mass is 465 g/mol. The normalized spacial score (nSPS) is 14.1. The summed E-state index contributed by atoms with van der Waals surface area (Å²) in [5.41, 5.74) is 6.82. The van der Waals surface area contributed by atoms with Crippen LogP contribution in [-0.4, -0.2) is 30.2 Å². The van der Waals surface area contributed by atoms with Gasteiger partial charge in [-0.05, 0) is 92.6 Å². The lowest BCUT2D eigenvalue weighted by molar-refractivity contribution is 0.125. The van der Waals surface area contributed by atoms with E-state index in [-0.39, 0.29) is 0 Å². The number of aromatic nitrogens is 5. The Balaban J connectivity index is 1.74. The van der Waals surface area contributed by atoms with Crippen molar-refractivity contribution in [3.8, 4) is 11.1 Å². The fourth-order valence-corrected chi connectivity index (χ4v) is 5.20. The van der Waals surface area contributed by atoms with E-state index in [2.05, 4.69) is 26.2 Å². The van der Waals surface area contributed by atoms with Crippen LogP contribution < -0.4 is 0 Å². The van der Waals surface area contributed by atoms with E-state index in [1.54, 1.807) is 24.8 Å². The Morgan fingerprint density at radius 1 is 0.943 bits per heavy atom. The summed E-state index contributed by atoms with van der Waals surface area (Å²) < 4.78 is 5.49. The second-order valence-electron chi connectivity index (χ2n) is 9.61. The maximum atomic E-state index is 12.9. The van der Waals surface area contributed by atoms with Crippen molar-refractivity contribution in [3.63, 3.8) is 0 Å². The Kier molecular flexibility index (Phi) is 4.86. The third kappa shape index (κ3) is 3.38. The molecule has 7 heteroatoms. The smallest absolute Gasteiger partial charge is 0.143 e. The molecular formula is C28H27N5O2. The zero-order valence-electron chi connectivity index (χ0n) is 20.3. The van der Waals surface area contributed by atoms with Gasteiger partial charge in [0.25, 0.3) is 0 Å². The molecule has 0 bridgehead atoms. The Hall–Kier alpha value is -3.84. The SMILES string of the molecule is Cc1cnccc1C(O)(c1ccncc1C)c1cc(-c2c(C)noc2C)cc2[nH]c(C3CC3)nc12. The molecule has 1 aliphatic rings. The number of hydrogen-bond acceptors (Lipinski definition) is 6. The molecule has 4 heterocycles. The quantitative estimate of drug-likeness (QED) is 0.360. The molecule has 176 valence electrons. The van der Waals surface area contributed by atoms with Crippen molar-refractivity contribution in [1.29, 1.82) is 0 Å². The summed E-state index contributed by atoms with van der Waals surface area (Å²) in [6.07, 6.45) is 9.27. The fraction of sp³-hybridized carbons (Fsp3) is 0.286. The minimum atomic E-state index is -1.48. The molecule has 0 unspecified atom stereocenters. The van der Waals surface area contributed by atoms with E-state index in [0.717, 1.165) is 74.5 Å². The lowest BCUT2D eigenvalue weighted by Gasteiger charge is -2.33. The summed E-state index contributed by atoms with van der Waals surface area (Å²) in [4.78, 5) is 17.1. The number of aliphatic hydroxyl groups is 1. The molecule has 0 amide bonds. The number of hydrogen-bond donors (Lipinski definition) is 2. The van der Waals surface area contributed by atoms with Crippen molar-refractivity contribution < 1.29 is 9.63 Å². The van der Waals surface area contributed by atoms with Crippen molar-refractivity contribution in [2.75, 3.05) is 0 Å². The molecule has 5 aromatic rings. The van der Waals surface area contributed by atoms with Crippen LogP contribution in [0.5, 0.6) is 0 Å². The third-order valence-electron chi connectivity index (χ3n) is 7.10. The molecule has 1 aromatic carbocycles. The number of pyridine rings is 2. The van der Waals surface area contributed by atoms with E-state index < -0.39 is 5.60 Å². The van der Waals surface area contributed by atoms with Crippen LogP contribution in [0.3, 0.4) is 0 Å². The number of fused-ring (bicyclic) bond motifs is 1. The highest BCUT2D eigenvalue weighted by atomic mass is 16.5. The van der Waals surface area contributed by atoms with Crippen molar-refractivity contribution in [2.45, 2.75) is 52.1 Å². The van der Waals surface area contributed by atoms with E-state index in [4.69, 9.17) is 9.51 Å². The standard InChI is InChI=1S/C28H27N5O2/c1-15-13-29-9-7-21(15)28(34,22-8-10-30-14-16(22)2)23-11-20(25-17(3)33-35-18(25)4)12-24-26(23)32-27(31-24)19-5-6-19/h7-14,19,34H,5-6H2,1-4H3,(H,31,32). The van der Waals surface area contributed by atoms with Gasteiger partial charge < -0.3 is 14.6 Å². The zero-order chi connectivity index (χ0) is 24.3. The second kappa shape index (κ2) is 7.85. The lowest BCUT2D eigenvalue weighted by atomic mass is 9.76. The number of aryl methyl sites for hydroxylation is 4. The number of H-pyrrole nitrogens is 1. The summed E-state index contributed by atoms with van der Waals surface area (Å²) in [5.74, 6) is 2.15. The lowest BCUT2D eigenvalue weighted by Crippen LogP contribution is -2.31. The molecule has 0 atom stereocenters. The Morgan fingerprint density at radius 3 is 2.14 bits per heavy atom. The Bertz CT molecular complexity index is 1510. The third-order valence-corrected chi connectivity index (χ3v) is 7.10. The maximum absolute atomic E-state index is 12.9. The van der Waals surface area contributed by atoms with Gasteiger partial charge in [0.1, 0.15) is 17.2 Å². The Morgan fingerprint density at radius 2 is 1.60 bits per heavy atom. The van der Waals surface area contributed by atoms with Crippen molar-refractivity contribution in [2.24, 2.45) is 0 Å². The van der Waals surface area contributed by atoms with Gasteiger partial charge in [0.2, 0.25) is 0 Å². The van der Waals surface area contributed by atoms with E-state index >= 15 is 0 Å². The number of imidazole rings is 1. The van der Waals surface area contributed by atoms with Gasteiger partial charge >= 0.3 is 0 Å². The first-order chi connectivity index (χ1) is 16.9. The predicted octanol–water partition coefficient (Wildman–Crippen LogP) is 5.40. The van der Waals surface area contributed by atoms with Crippen LogP contribution in [0.2, 0.25) is 0 Å². The van der Waals surface area contributed by atoms with Crippen molar-refractivity contribution in [3.05, 3.63) is 94.1 Å². The van der Waals surface area contributed by atoms with Gasteiger partial charge in [0, 0.05) is 41.8 Å². The van der Waals surface area contributed by atoms with Gasteiger partial charge in [0.05, 0.1) is 16.7 Å². The summed E-state index contributed by atoms with van der Waals surface area (Å²) in [6.45, 7) is 7.79. The van der Waals surface area contributed by atoms with Gasteiger partial charge in [-0.3, -0.25) is 9.97 Å². The summed E-state index contributed by atoms with van der Waals surface area (Å²) in [5, 5.41) is 17.0. The van der Waals surface area contributed by atoms with Crippen molar-refractivity contribution in [1.82, 2.24) is 25.1 Å². The van der Waals surface area contributed by atoms with E-state index in [0.29, 0.717) is 11.5 Å². The zero-order valence-corrected chi connectivity index (χ0v) is 20.3. The van der Waals surface area contributed by atoms with Crippen LogP contribution in [0.25, 0.3) is 22.2 Å². The number of nitrogens with one attached hydrogen (secondary N) is 1. The second-order valence-corrected chi connectivity index (χ2v) is 9.61. The first kappa shape index (κ1) is 21.7. The first-order valence-electron chi connectivity index (χ1n) is 11.9. The number of nitrogens with zero attached hydrogens (tertiary/aromatic N) is 4. The van der Waals surface area contributed by atoms with Crippen LogP contribution in [-0.2, 0) is 5.60 Å². The molecule has 1 saturated carbocycles. The number of aromatic amines is 1. The van der Waals surface area contributed by atoms with Crippen LogP contribution in [0, 0.1) is 27.7 Å². The van der Waals surface area contributed by atoms with E-state index in [1.165, 1.54) is 0 Å². The molecule has 7 nitrogen and oxygen atoms in total. The summed E-state index contributed by atoms with van der Waals surface area (Å²) in [6, 6.07) is 7.89. The highest BCUT2D eigenvalue weighted by molar-refractivity contribution is 5.88. The number of benzene rings is 1. The van der Waals surface area contributed by atoms with Gasteiger partial charge in [-0.25, -0.2) is 4.98 Å². The molecule has 6 rings (SSSR count). The first-order valence-corrected chi connectivity index (χ1v) is 11.9. The van der Waals surface area contributed by atoms with Crippen LogP contribution in [0.15, 0.2) is 53.6 Å². The molecule has 1 aliphatic carbocycles. The van der Waals surface area contributed by atoms with Gasteiger partial charge in [-0.2, -0.15) is 0 Å². The average Bonchev–Trinajstić information content (AvgIpc) is 3.52. The van der Waals surface area contributed by atoms with Crippen molar-refractivity contribution >= 4 is 11.0 Å². The molecule has 4 aromatic heterocycles. The molecule has 0 spiro atoms. The molecule has 0 saturated heterocycles. The highest BCUT2D eigenvalue weighted by Crippen LogP contribution is 2.46. The summed E-state index contributed by atoms with van der Waals surface area (Å²) >= 11 is 0. The molecular weight excluding hydrogens is 438 g/mol. The number of rotatable bonds is 5. The fourth-order valence-electron chi connectivity index (χ4n) is 5.20.